The Morgan fingerprint density at radius 1 is 1.17 bits per heavy atom. The van der Waals surface area contributed by atoms with E-state index in [9.17, 15) is 8.78 Å². The van der Waals surface area contributed by atoms with Gasteiger partial charge in [-0.15, -0.1) is 0 Å². The number of nitrogens with zero attached hydrogens (tertiary/aromatic N) is 2. The molecule has 23 heavy (non-hydrogen) atoms. The molecule has 0 bridgehead atoms. The summed E-state index contributed by atoms with van der Waals surface area (Å²) >= 11 is 0. The summed E-state index contributed by atoms with van der Waals surface area (Å²) in [5.74, 6) is -0.643. The number of hydrogen-bond donors (Lipinski definition) is 1. The molecule has 3 nitrogen and oxygen atoms in total. The van der Waals surface area contributed by atoms with Crippen molar-refractivity contribution in [1.82, 2.24) is 5.32 Å². The first-order valence-electron chi connectivity index (χ1n) is 7.27. The molecular formula is C18H17F2N3. The fraction of sp³-hybridized carbons (Fsp3) is 0.222. The molecule has 0 aromatic heterocycles. The third-order valence-electron chi connectivity index (χ3n) is 3.47. The van der Waals surface area contributed by atoms with E-state index in [0.29, 0.717) is 30.8 Å². The minimum absolute atomic E-state index is 0.437. The summed E-state index contributed by atoms with van der Waals surface area (Å²) in [5.41, 5.74) is 2.75. The van der Waals surface area contributed by atoms with E-state index in [1.165, 1.54) is 12.1 Å². The second kappa shape index (κ2) is 8.04. The predicted octanol–water partition coefficient (Wildman–Crippen LogP) is 3.53. The van der Waals surface area contributed by atoms with Gasteiger partial charge in [-0.2, -0.15) is 10.3 Å². The Morgan fingerprint density at radius 2 is 1.87 bits per heavy atom. The molecular weight excluding hydrogens is 296 g/mol. The summed E-state index contributed by atoms with van der Waals surface area (Å²) in [5, 5.41) is 11.9. The van der Waals surface area contributed by atoms with E-state index in [0.717, 1.165) is 17.2 Å². The van der Waals surface area contributed by atoms with Gasteiger partial charge in [-0.25, -0.2) is 8.78 Å². The number of aryl methyl sites for hydroxylation is 1. The highest BCUT2D eigenvalue weighted by Gasteiger charge is 2.05. The smallest absolute Gasteiger partial charge is 0.207 e. The third kappa shape index (κ3) is 5.19. The first kappa shape index (κ1) is 16.6. The number of benzene rings is 2. The van der Waals surface area contributed by atoms with Crippen LogP contribution in [0.5, 0.6) is 0 Å². The largest absolute Gasteiger partial charge is 0.372 e. The lowest BCUT2D eigenvalue weighted by Crippen LogP contribution is -2.27. The van der Waals surface area contributed by atoms with Crippen LogP contribution in [0.25, 0.3) is 0 Å². The molecule has 2 aromatic carbocycles. The summed E-state index contributed by atoms with van der Waals surface area (Å²) in [6, 6.07) is 11.3. The van der Waals surface area contributed by atoms with E-state index in [2.05, 4.69) is 10.3 Å². The average molecular weight is 313 g/mol. The first-order valence-corrected chi connectivity index (χ1v) is 7.27. The van der Waals surface area contributed by atoms with Gasteiger partial charge in [0.15, 0.2) is 0 Å². The quantitative estimate of drug-likeness (QED) is 0.521. The van der Waals surface area contributed by atoms with Gasteiger partial charge < -0.3 is 5.32 Å². The van der Waals surface area contributed by atoms with E-state index in [4.69, 9.17) is 5.26 Å². The topological polar surface area (TPSA) is 48.2 Å². The van der Waals surface area contributed by atoms with E-state index in [1.807, 2.05) is 31.2 Å². The maximum Gasteiger partial charge on any atom is 0.207 e. The summed E-state index contributed by atoms with van der Waals surface area (Å²) in [4.78, 5) is 3.79. The van der Waals surface area contributed by atoms with Crippen LogP contribution < -0.4 is 5.32 Å². The zero-order chi connectivity index (χ0) is 16.7. The Balaban J connectivity index is 1.97. The maximum absolute atomic E-state index is 13.1. The van der Waals surface area contributed by atoms with E-state index in [1.54, 1.807) is 6.19 Å². The number of nitrogens with one attached hydrogen (secondary N) is 1. The zero-order valence-corrected chi connectivity index (χ0v) is 12.8. The molecule has 0 aliphatic carbocycles. The Bertz CT molecular complexity index is 728. The van der Waals surface area contributed by atoms with Gasteiger partial charge in [0, 0.05) is 19.0 Å². The molecule has 0 spiro atoms. The molecule has 5 heteroatoms. The monoisotopic (exact) mass is 313 g/mol. The van der Waals surface area contributed by atoms with Crippen molar-refractivity contribution in [2.75, 3.05) is 6.54 Å². The summed E-state index contributed by atoms with van der Waals surface area (Å²) < 4.78 is 26.3. The summed E-state index contributed by atoms with van der Waals surface area (Å²) in [6.45, 7) is 2.43. The molecule has 0 radical (unpaired) electrons. The van der Waals surface area contributed by atoms with Crippen molar-refractivity contribution in [3.63, 3.8) is 0 Å². The molecule has 1 N–H and O–H groups in total. The summed E-state index contributed by atoms with van der Waals surface area (Å²) in [6.07, 6.45) is 2.73. The SMILES string of the molecule is Cc1ccccc1CC(=NC#N)NCCc1cc(F)cc(F)c1. The lowest BCUT2D eigenvalue weighted by Gasteiger charge is -2.10. The highest BCUT2D eigenvalue weighted by atomic mass is 19.1. The van der Waals surface area contributed by atoms with Crippen molar-refractivity contribution in [1.29, 1.82) is 5.26 Å². The molecule has 0 saturated carbocycles. The zero-order valence-electron chi connectivity index (χ0n) is 12.8. The Kier molecular flexibility index (Phi) is 5.81. The molecule has 0 heterocycles. The number of halogens is 2. The maximum atomic E-state index is 13.1. The molecule has 0 amide bonds. The molecule has 2 rings (SSSR count). The molecule has 0 aliphatic heterocycles. The van der Waals surface area contributed by atoms with Crippen LogP contribution in [0, 0.1) is 30.0 Å². The molecule has 0 fully saturated rings. The fourth-order valence-corrected chi connectivity index (χ4v) is 2.30. The predicted molar refractivity (Wildman–Crippen MR) is 86.0 cm³/mol. The van der Waals surface area contributed by atoms with Gasteiger partial charge in [0.25, 0.3) is 0 Å². The van der Waals surface area contributed by atoms with Crippen molar-refractivity contribution < 1.29 is 8.78 Å². The minimum atomic E-state index is -0.592. The molecule has 0 saturated heterocycles. The molecule has 0 aliphatic rings. The van der Waals surface area contributed by atoms with Crippen LogP contribution in [0.3, 0.4) is 0 Å². The van der Waals surface area contributed by atoms with Crippen LogP contribution in [0.4, 0.5) is 8.78 Å². The van der Waals surface area contributed by atoms with Crippen LogP contribution in [-0.4, -0.2) is 12.4 Å². The van der Waals surface area contributed by atoms with Crippen molar-refractivity contribution >= 4 is 5.84 Å². The van der Waals surface area contributed by atoms with Crippen molar-refractivity contribution in [3.8, 4) is 6.19 Å². The molecule has 0 atom stereocenters. The molecule has 2 aromatic rings. The van der Waals surface area contributed by atoms with Crippen LogP contribution in [0.1, 0.15) is 16.7 Å². The fourth-order valence-electron chi connectivity index (χ4n) is 2.30. The van der Waals surface area contributed by atoms with Crippen molar-refractivity contribution in [2.24, 2.45) is 4.99 Å². The normalized spacial score (nSPS) is 11.1. The number of rotatable bonds is 5. The second-order valence-electron chi connectivity index (χ2n) is 5.22. The Morgan fingerprint density at radius 3 is 2.52 bits per heavy atom. The van der Waals surface area contributed by atoms with Crippen molar-refractivity contribution in [2.45, 2.75) is 19.8 Å². The number of amidine groups is 1. The van der Waals surface area contributed by atoms with Crippen LogP contribution >= 0.6 is 0 Å². The van der Waals surface area contributed by atoms with Gasteiger partial charge >= 0.3 is 0 Å². The van der Waals surface area contributed by atoms with E-state index < -0.39 is 11.6 Å². The van der Waals surface area contributed by atoms with Gasteiger partial charge in [0.1, 0.15) is 17.5 Å². The number of aliphatic imine (C=N–C) groups is 1. The Labute approximate surface area is 134 Å². The lowest BCUT2D eigenvalue weighted by molar-refractivity contribution is 0.579. The summed E-state index contributed by atoms with van der Waals surface area (Å²) in [7, 11) is 0. The molecule has 0 unspecified atom stereocenters. The van der Waals surface area contributed by atoms with Gasteiger partial charge in [0.2, 0.25) is 6.19 Å². The highest BCUT2D eigenvalue weighted by molar-refractivity contribution is 5.85. The van der Waals surface area contributed by atoms with Gasteiger partial charge in [-0.3, -0.25) is 0 Å². The van der Waals surface area contributed by atoms with Crippen LogP contribution in [-0.2, 0) is 12.8 Å². The van der Waals surface area contributed by atoms with E-state index >= 15 is 0 Å². The van der Waals surface area contributed by atoms with Crippen LogP contribution in [0.15, 0.2) is 47.5 Å². The molecule has 118 valence electrons. The standard InChI is InChI=1S/C18H17F2N3/c1-13-4-2-3-5-15(13)10-18(23-12-21)22-7-6-14-8-16(19)11-17(20)9-14/h2-5,8-9,11H,6-7,10H2,1H3,(H,22,23). The number of hydrogen-bond acceptors (Lipinski definition) is 2. The minimum Gasteiger partial charge on any atom is -0.372 e. The number of nitriles is 1. The average Bonchev–Trinajstić information content (AvgIpc) is 2.49. The third-order valence-corrected chi connectivity index (χ3v) is 3.47. The highest BCUT2D eigenvalue weighted by Crippen LogP contribution is 2.09. The Hall–Kier alpha value is -2.74. The first-order chi connectivity index (χ1) is 11.1. The van der Waals surface area contributed by atoms with Crippen LogP contribution in [0.2, 0.25) is 0 Å². The second-order valence-corrected chi connectivity index (χ2v) is 5.22. The van der Waals surface area contributed by atoms with Gasteiger partial charge in [-0.1, -0.05) is 24.3 Å². The van der Waals surface area contributed by atoms with E-state index in [-0.39, 0.29) is 0 Å². The lowest BCUT2D eigenvalue weighted by atomic mass is 10.1. The van der Waals surface area contributed by atoms with Gasteiger partial charge in [-0.05, 0) is 42.2 Å². The van der Waals surface area contributed by atoms with Gasteiger partial charge in [0.05, 0.1) is 0 Å². The van der Waals surface area contributed by atoms with Crippen molar-refractivity contribution in [3.05, 3.63) is 70.8 Å².